The van der Waals surface area contributed by atoms with E-state index in [1.165, 1.54) is 23.5 Å². The van der Waals surface area contributed by atoms with Gasteiger partial charge in [0.1, 0.15) is 21.5 Å². The topological polar surface area (TPSA) is 77.0 Å². The Morgan fingerprint density at radius 1 is 1.09 bits per heavy atom. The van der Waals surface area contributed by atoms with Crippen LogP contribution in [0.3, 0.4) is 0 Å². The molecular weight excluding hydrogens is 497 g/mol. The number of alkyl halides is 3. The van der Waals surface area contributed by atoms with Gasteiger partial charge in [0.05, 0.1) is 34.6 Å². The maximum atomic E-state index is 12.8. The van der Waals surface area contributed by atoms with E-state index >= 15 is 0 Å². The first-order valence-corrected chi connectivity index (χ1v) is 12.1. The lowest BCUT2D eigenvalue weighted by atomic mass is 10.2. The van der Waals surface area contributed by atoms with E-state index in [4.69, 9.17) is 4.74 Å². The Labute approximate surface area is 207 Å². The number of para-hydroxylation sites is 1. The largest absolute Gasteiger partial charge is 0.496 e. The third kappa shape index (κ3) is 5.98. The van der Waals surface area contributed by atoms with Crippen LogP contribution < -0.4 is 10.1 Å². The quantitative estimate of drug-likeness (QED) is 0.289. The van der Waals surface area contributed by atoms with Crippen LogP contribution in [0.2, 0.25) is 0 Å². The van der Waals surface area contributed by atoms with Gasteiger partial charge in [0.15, 0.2) is 0 Å². The molecule has 0 saturated carbocycles. The van der Waals surface area contributed by atoms with Crippen LogP contribution in [0.4, 0.5) is 18.9 Å². The van der Waals surface area contributed by atoms with Crippen LogP contribution >= 0.6 is 23.1 Å². The monoisotopic (exact) mass is 516 g/mol. The molecule has 35 heavy (non-hydrogen) atoms. The van der Waals surface area contributed by atoms with Crippen LogP contribution in [0.25, 0.3) is 21.1 Å². The number of anilines is 1. The minimum atomic E-state index is -4.48. The number of methoxy groups -OCH3 is 1. The fraction of sp³-hybridized carbons (Fsp3) is 0.167. The molecule has 4 rings (SSSR count). The number of amides is 1. The highest BCUT2D eigenvalue weighted by atomic mass is 32.2. The fourth-order valence-corrected chi connectivity index (χ4v) is 4.87. The molecule has 11 heteroatoms. The number of ether oxygens (including phenoxy) is 1. The van der Waals surface area contributed by atoms with Crippen LogP contribution in [0.15, 0.2) is 65.7 Å². The van der Waals surface area contributed by atoms with Gasteiger partial charge in [-0.15, -0.1) is 21.5 Å². The first-order chi connectivity index (χ1) is 16.7. The Balaban J connectivity index is 1.40. The molecule has 0 atom stereocenters. The number of nitrogens with zero attached hydrogens (tertiary/aromatic N) is 3. The minimum absolute atomic E-state index is 0.0260. The number of aromatic nitrogens is 3. The smallest absolute Gasteiger partial charge is 0.416 e. The van der Waals surface area contributed by atoms with Crippen LogP contribution in [-0.2, 0) is 11.0 Å². The molecule has 1 amide bonds. The lowest BCUT2D eigenvalue weighted by molar-refractivity contribution is -0.137. The van der Waals surface area contributed by atoms with E-state index in [0.29, 0.717) is 10.7 Å². The standard InChI is InChI=1S/C24H19F3N4O2S2/c1-14-22(35-23(28-14)17-8-3-4-9-19(17)33-2)18-10-11-21(31-30-18)34-13-20(32)29-16-7-5-6-15(12-16)24(25,26)27/h3-12H,13H2,1-2H3,(H,29,32). The van der Waals surface area contributed by atoms with Crippen molar-refractivity contribution in [3.8, 4) is 26.9 Å². The molecule has 0 fully saturated rings. The number of nitrogens with one attached hydrogen (secondary N) is 1. The van der Waals surface area contributed by atoms with Gasteiger partial charge >= 0.3 is 6.18 Å². The molecule has 0 saturated heterocycles. The Kier molecular flexibility index (Phi) is 7.37. The van der Waals surface area contributed by atoms with E-state index < -0.39 is 17.6 Å². The normalized spacial score (nSPS) is 11.3. The van der Waals surface area contributed by atoms with Gasteiger partial charge in [-0.2, -0.15) is 13.2 Å². The molecular formula is C24H19F3N4O2S2. The van der Waals surface area contributed by atoms with Crippen molar-refractivity contribution in [2.24, 2.45) is 0 Å². The van der Waals surface area contributed by atoms with E-state index in [2.05, 4.69) is 20.5 Å². The molecule has 0 aliphatic heterocycles. The fourth-order valence-electron chi connectivity index (χ4n) is 3.20. The number of carbonyl (C=O) groups is 1. The summed E-state index contributed by atoms with van der Waals surface area (Å²) in [5.74, 6) is 0.260. The molecule has 2 aromatic carbocycles. The second-order valence-corrected chi connectivity index (χ2v) is 9.30. The lowest BCUT2D eigenvalue weighted by Gasteiger charge is -2.09. The molecule has 0 bridgehead atoms. The number of benzene rings is 2. The van der Waals surface area contributed by atoms with Crippen LogP contribution in [-0.4, -0.2) is 34.0 Å². The van der Waals surface area contributed by atoms with Gasteiger partial charge in [-0.3, -0.25) is 4.79 Å². The molecule has 1 N–H and O–H groups in total. The zero-order valence-corrected chi connectivity index (χ0v) is 20.2. The van der Waals surface area contributed by atoms with Crippen LogP contribution in [0.5, 0.6) is 5.75 Å². The average molecular weight is 517 g/mol. The van der Waals surface area contributed by atoms with E-state index in [9.17, 15) is 18.0 Å². The van der Waals surface area contributed by atoms with Gasteiger partial charge in [-0.25, -0.2) is 4.98 Å². The lowest BCUT2D eigenvalue weighted by Crippen LogP contribution is -2.15. The van der Waals surface area contributed by atoms with Gasteiger partial charge in [0, 0.05) is 5.69 Å². The highest BCUT2D eigenvalue weighted by Crippen LogP contribution is 2.38. The molecule has 0 unspecified atom stereocenters. The van der Waals surface area contributed by atoms with Gasteiger partial charge in [0.25, 0.3) is 0 Å². The van der Waals surface area contributed by atoms with Crippen LogP contribution in [0, 0.1) is 6.92 Å². The summed E-state index contributed by atoms with van der Waals surface area (Å²) in [7, 11) is 1.61. The second-order valence-electron chi connectivity index (χ2n) is 7.31. The highest BCUT2D eigenvalue weighted by molar-refractivity contribution is 7.99. The maximum Gasteiger partial charge on any atom is 0.416 e. The van der Waals surface area contributed by atoms with Crippen molar-refractivity contribution in [1.29, 1.82) is 0 Å². The van der Waals surface area contributed by atoms with E-state index in [-0.39, 0.29) is 11.4 Å². The third-order valence-electron chi connectivity index (χ3n) is 4.83. The highest BCUT2D eigenvalue weighted by Gasteiger charge is 2.30. The summed E-state index contributed by atoms with van der Waals surface area (Å²) in [6.07, 6.45) is -4.48. The first-order valence-electron chi connectivity index (χ1n) is 10.3. The number of thiazole rings is 1. The molecule has 180 valence electrons. The summed E-state index contributed by atoms with van der Waals surface area (Å²) in [6, 6.07) is 15.7. The van der Waals surface area contributed by atoms with Crippen molar-refractivity contribution in [3.05, 3.63) is 71.9 Å². The molecule has 2 aromatic heterocycles. The number of thioether (sulfide) groups is 1. The first kappa shape index (κ1) is 24.7. The van der Waals surface area contributed by atoms with Crippen molar-refractivity contribution >= 4 is 34.7 Å². The van der Waals surface area contributed by atoms with Crippen molar-refractivity contribution in [2.75, 3.05) is 18.2 Å². The number of rotatable bonds is 7. The van der Waals surface area contributed by atoms with Gasteiger partial charge in [0.2, 0.25) is 5.91 Å². The minimum Gasteiger partial charge on any atom is -0.496 e. The molecule has 0 radical (unpaired) electrons. The number of carbonyl (C=O) groups excluding carboxylic acids is 1. The second kappa shape index (κ2) is 10.4. The Bertz CT molecular complexity index is 1340. The van der Waals surface area contributed by atoms with Gasteiger partial charge in [-0.1, -0.05) is 30.0 Å². The number of halogens is 3. The summed E-state index contributed by atoms with van der Waals surface area (Å²) in [5.41, 5.74) is 1.61. The molecule has 0 aliphatic rings. The molecule has 2 heterocycles. The molecule has 0 spiro atoms. The van der Waals surface area contributed by atoms with Crippen molar-refractivity contribution in [3.63, 3.8) is 0 Å². The summed E-state index contributed by atoms with van der Waals surface area (Å²) in [5, 5.41) is 12.2. The number of hydrogen-bond donors (Lipinski definition) is 1. The maximum absolute atomic E-state index is 12.8. The zero-order chi connectivity index (χ0) is 25.0. The summed E-state index contributed by atoms with van der Waals surface area (Å²) in [6.45, 7) is 1.90. The van der Waals surface area contributed by atoms with E-state index in [0.717, 1.165) is 50.8 Å². The molecule has 4 aromatic rings. The number of aryl methyl sites for hydroxylation is 1. The SMILES string of the molecule is COc1ccccc1-c1nc(C)c(-c2ccc(SCC(=O)Nc3cccc(C(F)(F)F)c3)nn2)s1. The van der Waals surface area contributed by atoms with Gasteiger partial charge in [-0.05, 0) is 49.4 Å². The molecule has 0 aliphatic carbocycles. The van der Waals surface area contributed by atoms with Crippen molar-refractivity contribution in [2.45, 2.75) is 18.1 Å². The van der Waals surface area contributed by atoms with E-state index in [1.807, 2.05) is 31.2 Å². The van der Waals surface area contributed by atoms with Crippen molar-refractivity contribution in [1.82, 2.24) is 15.2 Å². The summed E-state index contributed by atoms with van der Waals surface area (Å²) >= 11 is 2.61. The number of hydrogen-bond acceptors (Lipinski definition) is 7. The summed E-state index contributed by atoms with van der Waals surface area (Å²) < 4.78 is 43.9. The van der Waals surface area contributed by atoms with Crippen molar-refractivity contribution < 1.29 is 22.7 Å². The average Bonchev–Trinajstić information content (AvgIpc) is 3.24. The van der Waals surface area contributed by atoms with Crippen LogP contribution in [0.1, 0.15) is 11.3 Å². The Morgan fingerprint density at radius 2 is 1.89 bits per heavy atom. The van der Waals surface area contributed by atoms with E-state index in [1.54, 1.807) is 19.2 Å². The Hall–Kier alpha value is -3.44. The summed E-state index contributed by atoms with van der Waals surface area (Å²) in [4.78, 5) is 17.7. The predicted molar refractivity (Wildman–Crippen MR) is 131 cm³/mol. The van der Waals surface area contributed by atoms with Gasteiger partial charge < -0.3 is 10.1 Å². The Morgan fingerprint density at radius 3 is 2.60 bits per heavy atom. The zero-order valence-electron chi connectivity index (χ0n) is 18.6. The predicted octanol–water partition coefficient (Wildman–Crippen LogP) is 6.33. The third-order valence-corrected chi connectivity index (χ3v) is 6.96. The molecule has 6 nitrogen and oxygen atoms in total.